The van der Waals surface area contributed by atoms with E-state index in [0.29, 0.717) is 24.3 Å². The zero-order chi connectivity index (χ0) is 27.0. The lowest BCUT2D eigenvalue weighted by Crippen LogP contribution is -2.23. The summed E-state index contributed by atoms with van der Waals surface area (Å²) in [6.45, 7) is 10.8. The summed E-state index contributed by atoms with van der Waals surface area (Å²) in [5.74, 6) is -0.326. The van der Waals surface area contributed by atoms with Crippen molar-refractivity contribution in [2.45, 2.75) is 59.0 Å². The van der Waals surface area contributed by atoms with E-state index < -0.39 is 5.60 Å². The number of carbonyl (C=O) groups is 1. The van der Waals surface area contributed by atoms with Gasteiger partial charge in [-0.25, -0.2) is 9.18 Å². The minimum absolute atomic E-state index is 0.212. The van der Waals surface area contributed by atoms with Gasteiger partial charge in [-0.05, 0) is 94.3 Å². The Bertz CT molecular complexity index is 1500. The number of halogens is 1. The molecule has 3 aromatic carbocycles. The van der Waals surface area contributed by atoms with Gasteiger partial charge in [-0.1, -0.05) is 35.9 Å². The fraction of sp³-hybridized carbons (Fsp3) is 0.333. The Hall–Kier alpha value is -3.57. The Morgan fingerprint density at radius 2 is 1.61 bits per heavy atom. The smallest absolute Gasteiger partial charge is 0.338 e. The molecule has 2 heterocycles. The fourth-order valence-electron chi connectivity index (χ4n) is 5.14. The minimum Gasteiger partial charge on any atom is -0.456 e. The lowest BCUT2D eigenvalue weighted by atomic mass is 9.85. The molecule has 1 saturated heterocycles. The van der Waals surface area contributed by atoms with E-state index >= 15 is 0 Å². The molecule has 0 atom stereocenters. The second-order valence-corrected chi connectivity index (χ2v) is 11.2. The van der Waals surface area contributed by atoms with Crippen LogP contribution in [0.5, 0.6) is 0 Å². The molecule has 0 unspecified atom stereocenters. The van der Waals surface area contributed by atoms with Crippen LogP contribution in [-0.4, -0.2) is 29.8 Å². The molecule has 0 saturated carbocycles. The van der Waals surface area contributed by atoms with Crippen molar-refractivity contribution in [1.29, 1.82) is 0 Å². The van der Waals surface area contributed by atoms with E-state index in [1.807, 2.05) is 45.0 Å². The van der Waals surface area contributed by atoms with Gasteiger partial charge in [0.1, 0.15) is 11.4 Å². The molecule has 196 valence electrons. The zero-order valence-electron chi connectivity index (χ0n) is 22.7. The molecule has 5 heteroatoms. The molecule has 0 radical (unpaired) electrons. The number of ether oxygens (including phenoxy) is 2. The number of rotatable bonds is 4. The van der Waals surface area contributed by atoms with Crippen molar-refractivity contribution in [1.82, 2.24) is 4.98 Å². The Kier molecular flexibility index (Phi) is 7.06. The van der Waals surface area contributed by atoms with Gasteiger partial charge >= 0.3 is 5.97 Å². The van der Waals surface area contributed by atoms with Gasteiger partial charge in [0.2, 0.25) is 0 Å². The van der Waals surface area contributed by atoms with E-state index in [0.717, 1.165) is 57.3 Å². The lowest BCUT2D eigenvalue weighted by molar-refractivity contribution is 0.00695. The highest BCUT2D eigenvalue weighted by molar-refractivity contribution is 6.05. The van der Waals surface area contributed by atoms with E-state index in [1.54, 1.807) is 25.1 Å². The van der Waals surface area contributed by atoms with Crippen LogP contribution in [0, 0.1) is 19.7 Å². The van der Waals surface area contributed by atoms with Crippen LogP contribution in [-0.2, 0) is 9.47 Å². The summed E-state index contributed by atoms with van der Waals surface area (Å²) in [7, 11) is 0. The normalized spacial score (nSPS) is 14.6. The van der Waals surface area contributed by atoms with Crippen LogP contribution in [0.15, 0.2) is 60.7 Å². The van der Waals surface area contributed by atoms with Crippen molar-refractivity contribution in [2.24, 2.45) is 0 Å². The van der Waals surface area contributed by atoms with Gasteiger partial charge in [-0.2, -0.15) is 0 Å². The van der Waals surface area contributed by atoms with Gasteiger partial charge in [-0.3, -0.25) is 4.98 Å². The Labute approximate surface area is 223 Å². The summed E-state index contributed by atoms with van der Waals surface area (Å²) in [5, 5.41) is 2.12. The summed E-state index contributed by atoms with van der Waals surface area (Å²) < 4.78 is 25.4. The van der Waals surface area contributed by atoms with Crippen LogP contribution >= 0.6 is 0 Å². The minimum atomic E-state index is -0.557. The van der Waals surface area contributed by atoms with Gasteiger partial charge in [-0.15, -0.1) is 0 Å². The first-order valence-corrected chi connectivity index (χ1v) is 13.2. The fourth-order valence-corrected chi connectivity index (χ4v) is 5.14. The third-order valence-corrected chi connectivity index (χ3v) is 7.04. The average Bonchev–Trinajstić information content (AvgIpc) is 2.89. The Morgan fingerprint density at radius 3 is 2.26 bits per heavy atom. The monoisotopic (exact) mass is 511 g/mol. The van der Waals surface area contributed by atoms with Crippen LogP contribution in [0.4, 0.5) is 4.39 Å². The third kappa shape index (κ3) is 5.34. The number of nitrogens with zero attached hydrogens (tertiary/aromatic N) is 1. The number of benzene rings is 3. The highest BCUT2D eigenvalue weighted by atomic mass is 19.1. The first kappa shape index (κ1) is 26.1. The third-order valence-electron chi connectivity index (χ3n) is 7.04. The molecule has 0 aliphatic carbocycles. The maximum absolute atomic E-state index is 14.2. The molecule has 1 aromatic heterocycles. The Balaban J connectivity index is 1.71. The Morgan fingerprint density at radius 1 is 0.921 bits per heavy atom. The standard InChI is InChI=1S/C33H34FNO3/c1-20-6-12-26-27(18-20)30(22-7-9-24(10-8-22)32(36)38-33(3,4)5)35-31(23-14-16-37-17-15-23)29(26)25-11-13-28(34)21(2)19-25/h6-13,18-19,23H,14-17H2,1-5H3. The van der Waals surface area contributed by atoms with Gasteiger partial charge in [0.15, 0.2) is 0 Å². The summed E-state index contributed by atoms with van der Waals surface area (Å²) in [5.41, 5.74) is 6.55. The molecule has 1 aliphatic rings. The number of hydrogen-bond donors (Lipinski definition) is 0. The molecule has 0 N–H and O–H groups in total. The molecule has 5 rings (SSSR count). The summed E-state index contributed by atoms with van der Waals surface area (Å²) >= 11 is 0. The van der Waals surface area contributed by atoms with Crippen LogP contribution < -0.4 is 0 Å². The van der Waals surface area contributed by atoms with E-state index in [1.165, 1.54) is 0 Å². The zero-order valence-corrected chi connectivity index (χ0v) is 22.7. The first-order chi connectivity index (χ1) is 18.1. The van der Waals surface area contributed by atoms with Crippen molar-refractivity contribution in [3.8, 4) is 22.4 Å². The molecule has 0 amide bonds. The topological polar surface area (TPSA) is 48.4 Å². The van der Waals surface area contributed by atoms with Gasteiger partial charge in [0.25, 0.3) is 0 Å². The molecular weight excluding hydrogens is 477 g/mol. The molecule has 38 heavy (non-hydrogen) atoms. The van der Waals surface area contributed by atoms with Crippen LogP contribution in [0.25, 0.3) is 33.2 Å². The second kappa shape index (κ2) is 10.3. The van der Waals surface area contributed by atoms with Crippen molar-refractivity contribution in [3.05, 3.63) is 88.9 Å². The van der Waals surface area contributed by atoms with E-state index in [4.69, 9.17) is 14.5 Å². The van der Waals surface area contributed by atoms with E-state index in [2.05, 4.69) is 25.1 Å². The number of esters is 1. The molecule has 1 aliphatic heterocycles. The van der Waals surface area contributed by atoms with Crippen LogP contribution in [0.1, 0.15) is 66.7 Å². The van der Waals surface area contributed by atoms with Gasteiger partial charge in [0.05, 0.1) is 17.0 Å². The number of hydrogen-bond acceptors (Lipinski definition) is 4. The first-order valence-electron chi connectivity index (χ1n) is 13.2. The second-order valence-electron chi connectivity index (χ2n) is 11.2. The highest BCUT2D eigenvalue weighted by Crippen LogP contribution is 2.42. The summed E-state index contributed by atoms with van der Waals surface area (Å²) in [6, 6.07) is 19.2. The molecule has 4 nitrogen and oxygen atoms in total. The highest BCUT2D eigenvalue weighted by Gasteiger charge is 2.26. The van der Waals surface area contributed by atoms with Gasteiger partial charge in [0, 0.05) is 35.6 Å². The number of aromatic nitrogens is 1. The maximum Gasteiger partial charge on any atom is 0.338 e. The largest absolute Gasteiger partial charge is 0.456 e. The van der Waals surface area contributed by atoms with E-state index in [9.17, 15) is 9.18 Å². The molecular formula is C33H34FNO3. The van der Waals surface area contributed by atoms with Crippen molar-refractivity contribution in [3.63, 3.8) is 0 Å². The summed E-state index contributed by atoms with van der Waals surface area (Å²) in [4.78, 5) is 17.9. The van der Waals surface area contributed by atoms with E-state index in [-0.39, 0.29) is 17.7 Å². The summed E-state index contributed by atoms with van der Waals surface area (Å²) in [6.07, 6.45) is 1.77. The average molecular weight is 512 g/mol. The van der Waals surface area contributed by atoms with Crippen molar-refractivity contribution >= 4 is 16.7 Å². The maximum atomic E-state index is 14.2. The van der Waals surface area contributed by atoms with Crippen LogP contribution in [0.3, 0.4) is 0 Å². The molecule has 4 aromatic rings. The predicted molar refractivity (Wildman–Crippen MR) is 150 cm³/mol. The predicted octanol–water partition coefficient (Wildman–Crippen LogP) is 8.17. The SMILES string of the molecule is Cc1ccc2c(-c3ccc(F)c(C)c3)c(C3CCOCC3)nc(-c3ccc(C(=O)OC(C)(C)C)cc3)c2c1. The van der Waals surface area contributed by atoms with Crippen molar-refractivity contribution < 1.29 is 18.7 Å². The van der Waals surface area contributed by atoms with Crippen LogP contribution in [0.2, 0.25) is 0 Å². The van der Waals surface area contributed by atoms with Gasteiger partial charge < -0.3 is 9.47 Å². The van der Waals surface area contributed by atoms with Crippen molar-refractivity contribution in [2.75, 3.05) is 13.2 Å². The number of pyridine rings is 1. The molecule has 0 spiro atoms. The lowest BCUT2D eigenvalue weighted by Gasteiger charge is -2.26. The number of carbonyl (C=O) groups excluding carboxylic acids is 1. The quantitative estimate of drug-likeness (QED) is 0.259. The molecule has 0 bridgehead atoms. The molecule has 1 fully saturated rings. The number of aryl methyl sites for hydroxylation is 2. The number of fused-ring (bicyclic) bond motifs is 1.